The Kier molecular flexibility index (Phi) is 6.72. The number of fused-ring (bicyclic) bond motifs is 1. The minimum absolute atomic E-state index is 0.126. The van der Waals surface area contributed by atoms with E-state index in [1.807, 2.05) is 37.5 Å². The zero-order valence-electron chi connectivity index (χ0n) is 19.3. The van der Waals surface area contributed by atoms with Gasteiger partial charge in [0.15, 0.2) is 5.13 Å². The first-order chi connectivity index (χ1) is 17.0. The summed E-state index contributed by atoms with van der Waals surface area (Å²) in [5.74, 6) is 0.179. The molecular weight excluding hydrogens is 484 g/mol. The number of hydrogen-bond acceptors (Lipinski definition) is 8. The first-order valence-corrected chi connectivity index (χ1v) is 12.3. The number of anilines is 1. The number of nitrogens with one attached hydrogen (secondary N) is 1. The highest BCUT2D eigenvalue weighted by molar-refractivity contribution is 7.15. The summed E-state index contributed by atoms with van der Waals surface area (Å²) in [5, 5.41) is 3.63. The third kappa shape index (κ3) is 5.02. The lowest BCUT2D eigenvalue weighted by molar-refractivity contribution is 0.102. The molecule has 0 spiro atoms. The van der Waals surface area contributed by atoms with Crippen LogP contribution in [0, 0.1) is 6.92 Å². The molecule has 0 saturated carbocycles. The number of nitrogens with zero attached hydrogens (tertiary/aromatic N) is 5. The molecule has 0 aliphatic carbocycles. The van der Waals surface area contributed by atoms with E-state index >= 15 is 0 Å². The summed E-state index contributed by atoms with van der Waals surface area (Å²) in [6.45, 7) is 4.38. The van der Waals surface area contributed by atoms with Crippen LogP contribution in [0.2, 0.25) is 5.15 Å². The summed E-state index contributed by atoms with van der Waals surface area (Å²) in [4.78, 5) is 34.1. The number of halogens is 1. The smallest absolute Gasteiger partial charge is 0.261 e. The Morgan fingerprint density at radius 3 is 2.77 bits per heavy atom. The molecule has 4 aromatic rings. The minimum Gasteiger partial charge on any atom is -0.494 e. The topological polar surface area (TPSA) is 93.1 Å². The van der Waals surface area contributed by atoms with Gasteiger partial charge in [-0.2, -0.15) is 0 Å². The first-order valence-electron chi connectivity index (χ1n) is 11.1. The van der Waals surface area contributed by atoms with Crippen molar-refractivity contribution in [2.75, 3.05) is 19.0 Å². The fourth-order valence-corrected chi connectivity index (χ4v) is 5.54. The van der Waals surface area contributed by atoms with E-state index in [9.17, 15) is 4.79 Å². The maximum absolute atomic E-state index is 13.4. The molecule has 5 heterocycles. The molecule has 4 aromatic heterocycles. The lowest BCUT2D eigenvalue weighted by Gasteiger charge is -2.25. The van der Waals surface area contributed by atoms with Gasteiger partial charge in [-0.15, -0.1) is 11.3 Å². The van der Waals surface area contributed by atoms with Gasteiger partial charge < -0.3 is 4.74 Å². The number of amides is 1. The Bertz CT molecular complexity index is 1380. The molecule has 0 radical (unpaired) electrons. The molecule has 0 bridgehead atoms. The summed E-state index contributed by atoms with van der Waals surface area (Å²) in [7, 11) is 1.56. The third-order valence-electron chi connectivity index (χ3n) is 5.81. The van der Waals surface area contributed by atoms with Crippen molar-refractivity contribution in [3.63, 3.8) is 0 Å². The van der Waals surface area contributed by atoms with Crippen molar-refractivity contribution in [3.05, 3.63) is 81.6 Å². The molecule has 1 N–H and O–H groups in total. The van der Waals surface area contributed by atoms with Gasteiger partial charge in [0.2, 0.25) is 0 Å². The predicted octanol–water partition coefficient (Wildman–Crippen LogP) is 4.78. The molecule has 0 atom stereocenters. The van der Waals surface area contributed by atoms with Crippen LogP contribution in [0.1, 0.15) is 32.2 Å². The summed E-state index contributed by atoms with van der Waals surface area (Å²) < 4.78 is 5.46. The summed E-state index contributed by atoms with van der Waals surface area (Å²) in [6, 6.07) is 7.67. The van der Waals surface area contributed by atoms with E-state index in [0.29, 0.717) is 27.7 Å². The highest BCUT2D eigenvalue weighted by Crippen LogP contribution is 2.36. The normalized spacial score (nSPS) is 13.3. The molecule has 0 unspecified atom stereocenters. The standard InChI is InChI=1S/C25H23ClN6O2S/c1-15-11-18(17-5-9-28-12-20(17)34-2)22(23(26)29-15)24(33)31-25-30-19-6-10-32(14-21(19)35-25)13-16-3-7-27-8-4-16/h3-5,7-9,11-12H,6,10,13-14H2,1-2H3,(H,30,31,33). The van der Waals surface area contributed by atoms with Crippen molar-refractivity contribution in [1.82, 2.24) is 24.8 Å². The van der Waals surface area contributed by atoms with Gasteiger partial charge in [-0.3, -0.25) is 25.0 Å². The van der Waals surface area contributed by atoms with Crippen molar-refractivity contribution in [2.45, 2.75) is 26.4 Å². The second-order valence-electron chi connectivity index (χ2n) is 8.21. The van der Waals surface area contributed by atoms with E-state index in [-0.39, 0.29) is 16.6 Å². The number of aryl methyl sites for hydroxylation is 1. The highest BCUT2D eigenvalue weighted by atomic mass is 35.5. The molecule has 8 nitrogen and oxygen atoms in total. The zero-order valence-corrected chi connectivity index (χ0v) is 20.9. The average molecular weight is 507 g/mol. The summed E-state index contributed by atoms with van der Waals surface area (Å²) >= 11 is 7.98. The second-order valence-corrected chi connectivity index (χ2v) is 9.65. The monoisotopic (exact) mass is 506 g/mol. The number of carbonyl (C=O) groups is 1. The Labute approximate surface area is 212 Å². The summed E-state index contributed by atoms with van der Waals surface area (Å²) in [5.41, 5.74) is 4.56. The van der Waals surface area contributed by atoms with Gasteiger partial charge in [0, 0.05) is 66.3 Å². The molecule has 5 rings (SSSR count). The van der Waals surface area contributed by atoms with Crippen LogP contribution in [0.4, 0.5) is 5.13 Å². The van der Waals surface area contributed by atoms with E-state index in [1.54, 1.807) is 25.6 Å². The first kappa shape index (κ1) is 23.3. The van der Waals surface area contributed by atoms with Crippen LogP contribution in [-0.4, -0.2) is 44.4 Å². The zero-order chi connectivity index (χ0) is 24.4. The molecule has 0 aromatic carbocycles. The molecule has 1 aliphatic heterocycles. The number of pyridine rings is 3. The Hall–Kier alpha value is -3.40. The molecule has 1 aliphatic rings. The molecule has 10 heteroatoms. The lowest BCUT2D eigenvalue weighted by Crippen LogP contribution is -2.29. The number of ether oxygens (including phenoxy) is 1. The van der Waals surface area contributed by atoms with Crippen LogP contribution in [-0.2, 0) is 19.5 Å². The van der Waals surface area contributed by atoms with E-state index in [2.05, 4.69) is 25.2 Å². The quantitative estimate of drug-likeness (QED) is 0.376. The average Bonchev–Trinajstić information content (AvgIpc) is 3.25. The number of carbonyl (C=O) groups excluding carboxylic acids is 1. The molecule has 178 valence electrons. The van der Waals surface area contributed by atoms with Crippen molar-refractivity contribution >= 4 is 34.0 Å². The number of methoxy groups -OCH3 is 1. The fraction of sp³-hybridized carbons (Fsp3) is 0.240. The lowest BCUT2D eigenvalue weighted by atomic mass is 10.0. The number of rotatable bonds is 6. The van der Waals surface area contributed by atoms with Crippen LogP contribution in [0.3, 0.4) is 0 Å². The van der Waals surface area contributed by atoms with Crippen molar-refractivity contribution in [3.8, 4) is 16.9 Å². The van der Waals surface area contributed by atoms with Crippen LogP contribution < -0.4 is 10.1 Å². The van der Waals surface area contributed by atoms with Crippen LogP contribution in [0.15, 0.2) is 49.1 Å². The summed E-state index contributed by atoms with van der Waals surface area (Å²) in [6.07, 6.45) is 7.71. The van der Waals surface area contributed by atoms with Gasteiger partial charge in [-0.25, -0.2) is 9.97 Å². The Balaban J connectivity index is 1.39. The van der Waals surface area contributed by atoms with E-state index in [0.717, 1.165) is 36.6 Å². The van der Waals surface area contributed by atoms with Crippen molar-refractivity contribution in [1.29, 1.82) is 0 Å². The maximum Gasteiger partial charge on any atom is 0.261 e. The number of hydrogen-bond donors (Lipinski definition) is 1. The Morgan fingerprint density at radius 2 is 1.97 bits per heavy atom. The van der Waals surface area contributed by atoms with E-state index in [1.165, 1.54) is 16.9 Å². The fourth-order valence-electron chi connectivity index (χ4n) is 4.17. The van der Waals surface area contributed by atoms with Crippen molar-refractivity contribution < 1.29 is 9.53 Å². The number of aromatic nitrogens is 4. The SMILES string of the molecule is COc1cnccc1-c1cc(C)nc(Cl)c1C(=O)Nc1nc2c(s1)CN(Cc1ccncc1)CC2. The van der Waals surface area contributed by atoms with E-state index < -0.39 is 0 Å². The van der Waals surface area contributed by atoms with Gasteiger partial charge in [-0.05, 0) is 36.8 Å². The van der Waals surface area contributed by atoms with Gasteiger partial charge in [-0.1, -0.05) is 11.6 Å². The second kappa shape index (κ2) is 10.1. The van der Waals surface area contributed by atoms with E-state index in [4.69, 9.17) is 21.3 Å². The molecule has 35 heavy (non-hydrogen) atoms. The molecule has 1 amide bonds. The highest BCUT2D eigenvalue weighted by Gasteiger charge is 2.25. The number of thiazole rings is 1. The van der Waals surface area contributed by atoms with Crippen LogP contribution in [0.5, 0.6) is 5.75 Å². The predicted molar refractivity (Wildman–Crippen MR) is 136 cm³/mol. The van der Waals surface area contributed by atoms with Crippen LogP contribution >= 0.6 is 22.9 Å². The molecular formula is C25H23ClN6O2S. The van der Waals surface area contributed by atoms with Crippen molar-refractivity contribution in [2.24, 2.45) is 0 Å². The minimum atomic E-state index is -0.365. The molecule has 0 fully saturated rings. The maximum atomic E-state index is 13.4. The van der Waals surface area contributed by atoms with Gasteiger partial charge in [0.05, 0.1) is 24.6 Å². The van der Waals surface area contributed by atoms with Gasteiger partial charge >= 0.3 is 0 Å². The molecule has 0 saturated heterocycles. The van der Waals surface area contributed by atoms with Gasteiger partial charge in [0.1, 0.15) is 10.9 Å². The largest absolute Gasteiger partial charge is 0.494 e. The Morgan fingerprint density at radius 1 is 1.17 bits per heavy atom. The third-order valence-corrected chi connectivity index (χ3v) is 7.08. The van der Waals surface area contributed by atoms with Crippen LogP contribution in [0.25, 0.3) is 11.1 Å². The van der Waals surface area contributed by atoms with Gasteiger partial charge in [0.25, 0.3) is 5.91 Å².